The number of rotatable bonds is 4. The molecule has 0 spiro atoms. The van der Waals surface area contributed by atoms with Crippen LogP contribution < -0.4 is 5.84 Å². The molecule has 0 saturated heterocycles. The zero-order valence-corrected chi connectivity index (χ0v) is 7.80. The molecule has 0 heterocycles. The number of alkyl halides is 3. The van der Waals surface area contributed by atoms with E-state index in [0.29, 0.717) is 11.4 Å². The lowest BCUT2D eigenvalue weighted by Gasteiger charge is -2.16. The van der Waals surface area contributed by atoms with Gasteiger partial charge in [0.2, 0.25) is 0 Å². The molecule has 0 atom stereocenters. The van der Waals surface area contributed by atoms with Gasteiger partial charge >= 0.3 is 12.3 Å². The molecule has 0 fully saturated rings. The van der Waals surface area contributed by atoms with E-state index in [-0.39, 0.29) is 6.54 Å². The lowest BCUT2D eigenvalue weighted by molar-refractivity contribution is -0.162. The van der Waals surface area contributed by atoms with Crippen LogP contribution >= 0.6 is 0 Å². The van der Waals surface area contributed by atoms with Gasteiger partial charge in [-0.1, -0.05) is 13.3 Å². The molecule has 14 heavy (non-hydrogen) atoms. The Kier molecular flexibility index (Phi) is 5.29. The van der Waals surface area contributed by atoms with Crippen molar-refractivity contribution < 1.29 is 22.7 Å². The number of halogens is 3. The second-order valence-corrected chi connectivity index (χ2v) is 2.72. The Labute approximate surface area is 79.8 Å². The monoisotopic (exact) mass is 214 g/mol. The summed E-state index contributed by atoms with van der Waals surface area (Å²) in [5.74, 6) is 5.12. The Balaban J connectivity index is 3.73. The third-order valence-electron chi connectivity index (χ3n) is 1.35. The van der Waals surface area contributed by atoms with Crippen molar-refractivity contribution >= 4 is 6.09 Å². The lowest BCUT2D eigenvalue weighted by atomic mass is 10.3. The number of nitrogens with zero attached hydrogens (tertiary/aromatic N) is 1. The Morgan fingerprint density at radius 2 is 2.07 bits per heavy atom. The number of hydrazine groups is 1. The first-order valence-corrected chi connectivity index (χ1v) is 4.12. The van der Waals surface area contributed by atoms with Crippen LogP contribution in [0.5, 0.6) is 0 Å². The predicted molar refractivity (Wildman–Crippen MR) is 43.2 cm³/mol. The SMILES string of the molecule is CCCCN(N)C(=O)OCC(F)(F)F. The van der Waals surface area contributed by atoms with Crippen LogP contribution in [-0.2, 0) is 4.74 Å². The highest BCUT2D eigenvalue weighted by Gasteiger charge is 2.30. The maximum absolute atomic E-state index is 11.6. The van der Waals surface area contributed by atoms with Gasteiger partial charge in [-0.2, -0.15) is 13.2 Å². The first-order chi connectivity index (χ1) is 6.37. The van der Waals surface area contributed by atoms with Gasteiger partial charge in [0.15, 0.2) is 6.61 Å². The molecule has 0 aromatic rings. The van der Waals surface area contributed by atoms with E-state index in [1.165, 1.54) is 0 Å². The fraction of sp³-hybridized carbons (Fsp3) is 0.857. The molecule has 2 N–H and O–H groups in total. The number of carbonyl (C=O) groups excluding carboxylic acids is 1. The fourth-order valence-electron chi connectivity index (χ4n) is 0.646. The van der Waals surface area contributed by atoms with Gasteiger partial charge in [-0.05, 0) is 6.42 Å². The molecule has 84 valence electrons. The number of nitrogens with two attached hydrogens (primary N) is 1. The number of hydrogen-bond donors (Lipinski definition) is 1. The predicted octanol–water partition coefficient (Wildman–Crippen LogP) is 1.66. The number of amides is 1. The maximum Gasteiger partial charge on any atom is 0.424 e. The highest BCUT2D eigenvalue weighted by molar-refractivity contribution is 5.66. The van der Waals surface area contributed by atoms with Crippen LogP contribution in [0.4, 0.5) is 18.0 Å². The zero-order valence-electron chi connectivity index (χ0n) is 7.80. The minimum atomic E-state index is -4.51. The third-order valence-corrected chi connectivity index (χ3v) is 1.35. The van der Waals surface area contributed by atoms with Gasteiger partial charge in [0.05, 0.1) is 0 Å². The molecular formula is C7H13F3N2O2. The maximum atomic E-state index is 11.6. The molecule has 0 aliphatic rings. The number of hydrogen-bond acceptors (Lipinski definition) is 3. The van der Waals surface area contributed by atoms with Crippen molar-refractivity contribution in [2.24, 2.45) is 5.84 Å². The van der Waals surface area contributed by atoms with E-state index in [9.17, 15) is 18.0 Å². The van der Waals surface area contributed by atoms with Gasteiger partial charge in [0.25, 0.3) is 0 Å². The van der Waals surface area contributed by atoms with Crippen LogP contribution in [-0.4, -0.2) is 30.4 Å². The van der Waals surface area contributed by atoms with E-state index in [1.807, 2.05) is 6.92 Å². The van der Waals surface area contributed by atoms with Gasteiger partial charge in [0, 0.05) is 6.54 Å². The van der Waals surface area contributed by atoms with Gasteiger partial charge in [-0.3, -0.25) is 0 Å². The van der Waals surface area contributed by atoms with Gasteiger partial charge in [0.1, 0.15) is 0 Å². The van der Waals surface area contributed by atoms with E-state index in [4.69, 9.17) is 5.84 Å². The van der Waals surface area contributed by atoms with E-state index in [2.05, 4.69) is 4.74 Å². The van der Waals surface area contributed by atoms with Crippen molar-refractivity contribution in [3.05, 3.63) is 0 Å². The average Bonchev–Trinajstić information content (AvgIpc) is 2.09. The summed E-state index contributed by atoms with van der Waals surface area (Å²) < 4.78 is 38.7. The molecule has 0 radical (unpaired) electrons. The molecule has 0 aromatic heterocycles. The van der Waals surface area contributed by atoms with Crippen molar-refractivity contribution in [1.82, 2.24) is 5.01 Å². The highest BCUT2D eigenvalue weighted by atomic mass is 19.4. The molecular weight excluding hydrogens is 201 g/mol. The first-order valence-electron chi connectivity index (χ1n) is 4.12. The van der Waals surface area contributed by atoms with Crippen molar-refractivity contribution in [3.8, 4) is 0 Å². The van der Waals surface area contributed by atoms with Gasteiger partial charge in [-0.15, -0.1) is 0 Å². The Bertz CT molecular complexity index is 184. The molecule has 0 saturated carbocycles. The Hall–Kier alpha value is -0.980. The highest BCUT2D eigenvalue weighted by Crippen LogP contribution is 2.14. The second kappa shape index (κ2) is 5.69. The normalized spacial score (nSPS) is 11.2. The number of ether oxygens (including phenoxy) is 1. The summed E-state index contributed by atoms with van der Waals surface area (Å²) in [4.78, 5) is 10.8. The quantitative estimate of drug-likeness (QED) is 0.440. The van der Waals surface area contributed by atoms with Gasteiger partial charge < -0.3 is 4.74 Å². The molecule has 0 unspecified atom stereocenters. The summed E-state index contributed by atoms with van der Waals surface area (Å²) in [6.45, 7) is 0.452. The summed E-state index contributed by atoms with van der Waals surface area (Å²) in [5.41, 5.74) is 0. The van der Waals surface area contributed by atoms with Crippen molar-refractivity contribution in [2.75, 3.05) is 13.2 Å². The molecule has 4 nitrogen and oxygen atoms in total. The summed E-state index contributed by atoms with van der Waals surface area (Å²) >= 11 is 0. The van der Waals surface area contributed by atoms with Crippen molar-refractivity contribution in [3.63, 3.8) is 0 Å². The fourth-order valence-corrected chi connectivity index (χ4v) is 0.646. The van der Waals surface area contributed by atoms with E-state index in [1.54, 1.807) is 0 Å². The smallest absolute Gasteiger partial charge is 0.424 e. The van der Waals surface area contributed by atoms with E-state index >= 15 is 0 Å². The lowest BCUT2D eigenvalue weighted by Crippen LogP contribution is -2.40. The summed E-state index contributed by atoms with van der Waals surface area (Å²) in [7, 11) is 0. The molecule has 1 amide bonds. The Morgan fingerprint density at radius 1 is 1.50 bits per heavy atom. The molecule has 7 heteroatoms. The van der Waals surface area contributed by atoms with Crippen molar-refractivity contribution in [2.45, 2.75) is 25.9 Å². The summed E-state index contributed by atoms with van der Waals surface area (Å²) in [5, 5.41) is 0.634. The largest absolute Gasteiger partial charge is 0.439 e. The number of carbonyl (C=O) groups is 1. The van der Waals surface area contributed by atoms with E-state index in [0.717, 1.165) is 6.42 Å². The summed E-state index contributed by atoms with van der Waals surface area (Å²) in [6, 6.07) is 0. The third kappa shape index (κ3) is 6.53. The summed E-state index contributed by atoms with van der Waals surface area (Å²) in [6.07, 6.45) is -4.25. The molecule has 0 aliphatic carbocycles. The molecule has 0 aliphatic heterocycles. The minimum absolute atomic E-state index is 0.188. The standard InChI is InChI=1S/C7H13F3N2O2/c1-2-3-4-12(11)6(13)14-5-7(8,9)10/h2-5,11H2,1H3. The number of unbranched alkanes of at least 4 members (excludes halogenated alkanes) is 1. The molecule has 0 bridgehead atoms. The van der Waals surface area contributed by atoms with E-state index < -0.39 is 18.9 Å². The van der Waals surface area contributed by atoms with Gasteiger partial charge in [-0.25, -0.2) is 15.6 Å². The first kappa shape index (κ1) is 13.0. The second-order valence-electron chi connectivity index (χ2n) is 2.72. The topological polar surface area (TPSA) is 55.6 Å². The van der Waals surface area contributed by atoms with Crippen LogP contribution in [0.1, 0.15) is 19.8 Å². The Morgan fingerprint density at radius 3 is 2.50 bits per heavy atom. The minimum Gasteiger partial charge on any atom is -0.439 e. The van der Waals surface area contributed by atoms with Crippen LogP contribution in [0, 0.1) is 0 Å². The van der Waals surface area contributed by atoms with Crippen LogP contribution in [0.15, 0.2) is 0 Å². The average molecular weight is 214 g/mol. The molecule has 0 rings (SSSR count). The zero-order chi connectivity index (χ0) is 11.2. The molecule has 0 aromatic carbocycles. The van der Waals surface area contributed by atoms with Crippen LogP contribution in [0.3, 0.4) is 0 Å². The van der Waals surface area contributed by atoms with Crippen LogP contribution in [0.25, 0.3) is 0 Å². The van der Waals surface area contributed by atoms with Crippen LogP contribution in [0.2, 0.25) is 0 Å². The van der Waals surface area contributed by atoms with Crippen molar-refractivity contribution in [1.29, 1.82) is 0 Å².